The van der Waals surface area contributed by atoms with Gasteiger partial charge in [-0.05, 0) is 24.0 Å². The van der Waals surface area contributed by atoms with Crippen LogP contribution in [0.3, 0.4) is 0 Å². The SMILES string of the molecule is CSc1ccc(C(CN)c2cnccn2)cc1. The van der Waals surface area contributed by atoms with E-state index in [4.69, 9.17) is 5.73 Å². The maximum absolute atomic E-state index is 5.83. The van der Waals surface area contributed by atoms with E-state index in [1.165, 1.54) is 10.5 Å². The number of aromatic nitrogens is 2. The van der Waals surface area contributed by atoms with Crippen LogP contribution in [0.2, 0.25) is 0 Å². The van der Waals surface area contributed by atoms with Crippen LogP contribution in [0, 0.1) is 0 Å². The molecule has 0 saturated carbocycles. The van der Waals surface area contributed by atoms with Crippen molar-refractivity contribution in [2.45, 2.75) is 10.8 Å². The van der Waals surface area contributed by atoms with E-state index in [2.05, 4.69) is 40.5 Å². The predicted octanol–water partition coefficient (Wildman–Crippen LogP) is 2.29. The van der Waals surface area contributed by atoms with Crippen LogP contribution in [0.1, 0.15) is 17.2 Å². The van der Waals surface area contributed by atoms with Crippen molar-refractivity contribution in [3.8, 4) is 0 Å². The first-order chi connectivity index (χ1) is 8.35. The summed E-state index contributed by atoms with van der Waals surface area (Å²) in [6.45, 7) is 0.539. The summed E-state index contributed by atoms with van der Waals surface area (Å²) in [4.78, 5) is 9.67. The lowest BCUT2D eigenvalue weighted by molar-refractivity contribution is 0.778. The Labute approximate surface area is 105 Å². The molecule has 4 heteroatoms. The van der Waals surface area contributed by atoms with Crippen molar-refractivity contribution in [3.63, 3.8) is 0 Å². The molecule has 1 aromatic heterocycles. The molecule has 0 radical (unpaired) electrons. The van der Waals surface area contributed by atoms with E-state index in [0.717, 1.165) is 5.69 Å². The quantitative estimate of drug-likeness (QED) is 0.840. The molecule has 2 N–H and O–H groups in total. The highest BCUT2D eigenvalue weighted by atomic mass is 32.2. The van der Waals surface area contributed by atoms with Crippen LogP contribution in [0.5, 0.6) is 0 Å². The maximum Gasteiger partial charge on any atom is 0.0674 e. The Balaban J connectivity index is 2.29. The normalized spacial score (nSPS) is 12.4. The van der Waals surface area contributed by atoms with Crippen LogP contribution in [0.25, 0.3) is 0 Å². The second-order valence-corrected chi connectivity index (χ2v) is 4.57. The number of rotatable bonds is 4. The topological polar surface area (TPSA) is 51.8 Å². The Bertz CT molecular complexity index is 456. The van der Waals surface area contributed by atoms with Gasteiger partial charge < -0.3 is 5.73 Å². The fourth-order valence-corrected chi connectivity index (χ4v) is 2.16. The monoisotopic (exact) mass is 245 g/mol. The predicted molar refractivity (Wildman–Crippen MR) is 71.2 cm³/mol. The van der Waals surface area contributed by atoms with Gasteiger partial charge in [0.25, 0.3) is 0 Å². The second-order valence-electron chi connectivity index (χ2n) is 3.69. The molecule has 1 unspecified atom stereocenters. The Morgan fingerprint density at radius 3 is 2.53 bits per heavy atom. The zero-order chi connectivity index (χ0) is 12.1. The molecule has 0 aliphatic heterocycles. The van der Waals surface area contributed by atoms with Gasteiger partial charge in [-0.2, -0.15) is 0 Å². The van der Waals surface area contributed by atoms with Crippen molar-refractivity contribution >= 4 is 11.8 Å². The van der Waals surface area contributed by atoms with Crippen molar-refractivity contribution in [1.29, 1.82) is 0 Å². The van der Waals surface area contributed by atoms with Crippen LogP contribution >= 0.6 is 11.8 Å². The number of thioether (sulfide) groups is 1. The van der Waals surface area contributed by atoms with Crippen LogP contribution in [0.15, 0.2) is 47.8 Å². The molecule has 1 heterocycles. The number of hydrogen-bond acceptors (Lipinski definition) is 4. The first kappa shape index (κ1) is 12.1. The van der Waals surface area contributed by atoms with Gasteiger partial charge in [-0.25, -0.2) is 0 Å². The average Bonchev–Trinajstić information content (AvgIpc) is 2.42. The van der Waals surface area contributed by atoms with Gasteiger partial charge in [0.15, 0.2) is 0 Å². The van der Waals surface area contributed by atoms with E-state index in [0.29, 0.717) is 6.54 Å². The molecule has 0 aliphatic rings. The third kappa shape index (κ3) is 2.84. The minimum atomic E-state index is 0.125. The smallest absolute Gasteiger partial charge is 0.0674 e. The number of nitrogens with two attached hydrogens (primary N) is 1. The first-order valence-corrected chi connectivity index (χ1v) is 6.67. The Hall–Kier alpha value is -1.39. The average molecular weight is 245 g/mol. The van der Waals surface area contributed by atoms with Crippen molar-refractivity contribution in [2.24, 2.45) is 5.73 Å². The molecule has 0 bridgehead atoms. The zero-order valence-corrected chi connectivity index (χ0v) is 10.5. The lowest BCUT2D eigenvalue weighted by Crippen LogP contribution is -2.15. The van der Waals surface area contributed by atoms with Gasteiger partial charge in [0.05, 0.1) is 5.69 Å². The largest absolute Gasteiger partial charge is 0.329 e. The maximum atomic E-state index is 5.83. The van der Waals surface area contributed by atoms with Gasteiger partial charge in [0.1, 0.15) is 0 Å². The van der Waals surface area contributed by atoms with Crippen molar-refractivity contribution in [1.82, 2.24) is 9.97 Å². The Morgan fingerprint density at radius 2 is 2.00 bits per heavy atom. The molecule has 1 atom stereocenters. The summed E-state index contributed by atoms with van der Waals surface area (Å²) in [6.07, 6.45) is 7.22. The molecule has 2 aromatic rings. The molecule has 0 aliphatic carbocycles. The summed E-state index contributed by atoms with van der Waals surface area (Å²) in [5, 5.41) is 0. The zero-order valence-electron chi connectivity index (χ0n) is 9.71. The Morgan fingerprint density at radius 1 is 1.24 bits per heavy atom. The summed E-state index contributed by atoms with van der Waals surface area (Å²) >= 11 is 1.73. The van der Waals surface area contributed by atoms with Gasteiger partial charge in [-0.3, -0.25) is 9.97 Å². The first-order valence-electron chi connectivity index (χ1n) is 5.45. The highest BCUT2D eigenvalue weighted by Gasteiger charge is 2.13. The standard InChI is InChI=1S/C13H15N3S/c1-17-11-4-2-10(3-5-11)12(8-14)13-9-15-6-7-16-13/h2-7,9,12H,8,14H2,1H3. The van der Waals surface area contributed by atoms with E-state index in [9.17, 15) is 0 Å². The van der Waals surface area contributed by atoms with Crippen molar-refractivity contribution in [2.75, 3.05) is 12.8 Å². The van der Waals surface area contributed by atoms with E-state index in [1.807, 2.05) is 0 Å². The minimum absolute atomic E-state index is 0.125. The molecule has 0 spiro atoms. The molecule has 1 aromatic carbocycles. The number of nitrogens with zero attached hydrogens (tertiary/aromatic N) is 2. The number of hydrogen-bond donors (Lipinski definition) is 1. The molecular formula is C13H15N3S. The van der Waals surface area contributed by atoms with E-state index < -0.39 is 0 Å². The van der Waals surface area contributed by atoms with Crippen molar-refractivity contribution in [3.05, 3.63) is 54.1 Å². The molecule has 0 saturated heterocycles. The fraction of sp³-hybridized carbons (Fsp3) is 0.231. The van der Waals surface area contributed by atoms with Gasteiger partial charge in [-0.15, -0.1) is 11.8 Å². The highest BCUT2D eigenvalue weighted by molar-refractivity contribution is 7.98. The molecular weight excluding hydrogens is 230 g/mol. The summed E-state index contributed by atoms with van der Waals surface area (Å²) in [7, 11) is 0. The third-order valence-electron chi connectivity index (χ3n) is 2.69. The minimum Gasteiger partial charge on any atom is -0.329 e. The van der Waals surface area contributed by atoms with E-state index in [1.54, 1.807) is 30.4 Å². The lowest BCUT2D eigenvalue weighted by atomic mass is 9.96. The molecule has 17 heavy (non-hydrogen) atoms. The highest BCUT2D eigenvalue weighted by Crippen LogP contribution is 2.23. The van der Waals surface area contributed by atoms with E-state index >= 15 is 0 Å². The van der Waals surface area contributed by atoms with Crippen LogP contribution in [-0.4, -0.2) is 22.8 Å². The second kappa shape index (κ2) is 5.80. The van der Waals surface area contributed by atoms with Crippen LogP contribution in [0.4, 0.5) is 0 Å². The van der Waals surface area contributed by atoms with Gasteiger partial charge >= 0.3 is 0 Å². The third-order valence-corrected chi connectivity index (χ3v) is 3.44. The Kier molecular flexibility index (Phi) is 4.12. The van der Waals surface area contributed by atoms with E-state index in [-0.39, 0.29) is 5.92 Å². The van der Waals surface area contributed by atoms with Crippen molar-refractivity contribution < 1.29 is 0 Å². The fourth-order valence-electron chi connectivity index (χ4n) is 1.75. The lowest BCUT2D eigenvalue weighted by Gasteiger charge is -2.14. The molecule has 3 nitrogen and oxygen atoms in total. The van der Waals surface area contributed by atoms with Crippen LogP contribution < -0.4 is 5.73 Å². The number of benzene rings is 1. The molecule has 88 valence electrons. The summed E-state index contributed by atoms with van der Waals surface area (Å²) in [5.74, 6) is 0.125. The summed E-state index contributed by atoms with van der Waals surface area (Å²) in [6, 6.07) is 8.44. The molecule has 0 amide bonds. The van der Waals surface area contributed by atoms with Gasteiger partial charge in [0.2, 0.25) is 0 Å². The molecule has 2 rings (SSSR count). The molecule has 0 fully saturated rings. The van der Waals surface area contributed by atoms with Crippen LogP contribution in [-0.2, 0) is 0 Å². The van der Waals surface area contributed by atoms with Gasteiger partial charge in [0, 0.05) is 35.9 Å². The summed E-state index contributed by atoms with van der Waals surface area (Å²) in [5.41, 5.74) is 7.94. The summed E-state index contributed by atoms with van der Waals surface area (Å²) < 4.78 is 0. The van der Waals surface area contributed by atoms with Gasteiger partial charge in [-0.1, -0.05) is 12.1 Å².